The number of hydrogen-bond donors (Lipinski definition) is 3. The number of aliphatic hydroxyl groups is 1. The van der Waals surface area contributed by atoms with Gasteiger partial charge in [-0.3, -0.25) is 9.69 Å². The highest BCUT2D eigenvalue weighted by Crippen LogP contribution is 2.39. The molecule has 8 heteroatoms. The Morgan fingerprint density at radius 3 is 2.14 bits per heavy atom. The van der Waals surface area contributed by atoms with Crippen molar-refractivity contribution in [2.75, 3.05) is 6.61 Å². The van der Waals surface area contributed by atoms with E-state index in [9.17, 15) is 20.1 Å². The second-order valence-electron chi connectivity index (χ2n) is 10.0. The van der Waals surface area contributed by atoms with Gasteiger partial charge < -0.3 is 19.7 Å². The molecule has 200 valence electrons. The summed E-state index contributed by atoms with van der Waals surface area (Å²) in [6, 6.07) is 6.26. The molecule has 6 nitrogen and oxygen atoms in total. The van der Waals surface area contributed by atoms with Gasteiger partial charge in [-0.25, -0.2) is 0 Å². The van der Waals surface area contributed by atoms with Gasteiger partial charge in [-0.2, -0.15) is 0 Å². The van der Waals surface area contributed by atoms with Crippen molar-refractivity contribution < 1.29 is 24.5 Å². The summed E-state index contributed by atoms with van der Waals surface area (Å²) in [6.45, 7) is 0.0384. The molecular weight excluding hydrogens is 506 g/mol. The predicted octanol–water partition coefficient (Wildman–Crippen LogP) is 7.16. The van der Waals surface area contributed by atoms with E-state index in [0.717, 1.165) is 31.2 Å². The van der Waals surface area contributed by atoms with Gasteiger partial charge in [0.05, 0.1) is 4.91 Å². The fourth-order valence-corrected chi connectivity index (χ4v) is 6.59. The van der Waals surface area contributed by atoms with Crippen molar-refractivity contribution in [1.82, 2.24) is 4.90 Å². The molecule has 1 saturated carbocycles. The largest absolute Gasteiger partial charge is 0.508 e. The average Bonchev–Trinajstić information content (AvgIpc) is 3.38. The van der Waals surface area contributed by atoms with Gasteiger partial charge in [0, 0.05) is 30.4 Å². The minimum atomic E-state index is -0.0669. The summed E-state index contributed by atoms with van der Waals surface area (Å²) in [5.41, 5.74) is 1.38. The first-order valence-corrected chi connectivity index (χ1v) is 14.7. The van der Waals surface area contributed by atoms with Gasteiger partial charge in [0.15, 0.2) is 0 Å². The Bertz CT molecular complexity index is 1090. The molecule has 37 heavy (non-hydrogen) atoms. The summed E-state index contributed by atoms with van der Waals surface area (Å²) in [5, 5.41) is 29.2. The summed E-state index contributed by atoms with van der Waals surface area (Å²) < 4.78 is 6.73. The molecule has 0 atom stereocenters. The first-order valence-electron chi connectivity index (χ1n) is 13.5. The Labute approximate surface area is 228 Å². The number of benzene rings is 1. The number of hydrogen-bond acceptors (Lipinski definition) is 7. The normalized spacial score (nSPS) is 19.8. The Morgan fingerprint density at radius 2 is 1.54 bits per heavy atom. The number of thioether (sulfide) groups is 1. The van der Waals surface area contributed by atoms with Crippen molar-refractivity contribution in [2.45, 2.75) is 89.5 Å². The molecule has 0 bridgehead atoms. The number of amides is 1. The lowest BCUT2D eigenvalue weighted by Gasteiger charge is -2.27. The number of carbonyl (C=O) groups excluding carboxylic acids is 1. The van der Waals surface area contributed by atoms with Crippen LogP contribution in [0.4, 0.5) is 0 Å². The second kappa shape index (κ2) is 13.5. The van der Waals surface area contributed by atoms with Gasteiger partial charge >= 0.3 is 0 Å². The van der Waals surface area contributed by atoms with E-state index in [1.807, 2.05) is 11.0 Å². The Kier molecular flexibility index (Phi) is 10.1. The van der Waals surface area contributed by atoms with Crippen LogP contribution in [0.15, 0.2) is 33.6 Å². The van der Waals surface area contributed by atoms with Crippen LogP contribution in [-0.2, 0) is 11.2 Å². The smallest absolute Gasteiger partial charge is 0.266 e. The quantitative estimate of drug-likeness (QED) is 0.263. The lowest BCUT2D eigenvalue weighted by molar-refractivity contribution is -0.123. The van der Waals surface area contributed by atoms with Crippen LogP contribution >= 0.6 is 24.0 Å². The summed E-state index contributed by atoms with van der Waals surface area (Å²) in [5.74, 6) is 0.810. The maximum absolute atomic E-state index is 13.6. The molecule has 4 rings (SSSR count). The molecule has 1 aliphatic carbocycles. The Morgan fingerprint density at radius 1 is 0.946 bits per heavy atom. The fourth-order valence-electron chi connectivity index (χ4n) is 5.22. The van der Waals surface area contributed by atoms with Crippen molar-refractivity contribution >= 4 is 40.3 Å². The number of rotatable bonds is 6. The molecule has 0 unspecified atom stereocenters. The van der Waals surface area contributed by atoms with E-state index in [0.29, 0.717) is 39.2 Å². The van der Waals surface area contributed by atoms with Crippen LogP contribution in [-0.4, -0.2) is 43.1 Å². The molecule has 2 heterocycles. The summed E-state index contributed by atoms with van der Waals surface area (Å²) in [6.07, 6.45) is 15.9. The van der Waals surface area contributed by atoms with Crippen molar-refractivity contribution in [3.63, 3.8) is 0 Å². The summed E-state index contributed by atoms with van der Waals surface area (Å²) in [4.78, 5) is 16.0. The number of carbonyl (C=O) groups is 1. The monoisotopic (exact) mass is 543 g/mol. The number of phenols is 2. The highest BCUT2D eigenvalue weighted by Gasteiger charge is 2.37. The zero-order valence-electron chi connectivity index (χ0n) is 21.3. The summed E-state index contributed by atoms with van der Waals surface area (Å²) in [7, 11) is 0. The zero-order chi connectivity index (χ0) is 26.2. The van der Waals surface area contributed by atoms with Gasteiger partial charge in [0.1, 0.15) is 27.3 Å². The molecule has 0 spiro atoms. The number of aryl methyl sites for hydroxylation is 1. The van der Waals surface area contributed by atoms with E-state index in [4.69, 9.17) is 16.6 Å². The van der Waals surface area contributed by atoms with Gasteiger partial charge in [-0.1, -0.05) is 81.8 Å². The molecule has 1 amide bonds. The van der Waals surface area contributed by atoms with E-state index in [2.05, 4.69) is 0 Å². The maximum atomic E-state index is 13.6. The number of aliphatic hydroxyl groups excluding tert-OH is 1. The third-order valence-corrected chi connectivity index (χ3v) is 8.49. The average molecular weight is 544 g/mol. The minimum absolute atomic E-state index is 0.0384. The topological polar surface area (TPSA) is 94.1 Å². The van der Waals surface area contributed by atoms with Crippen LogP contribution in [0, 0.1) is 0 Å². The van der Waals surface area contributed by atoms with Crippen LogP contribution in [0.3, 0.4) is 0 Å². The van der Waals surface area contributed by atoms with Crippen LogP contribution in [0.2, 0.25) is 0 Å². The van der Waals surface area contributed by atoms with E-state index < -0.39 is 0 Å². The van der Waals surface area contributed by atoms with Gasteiger partial charge in [-0.05, 0) is 49.4 Å². The Hall–Kier alpha value is -2.29. The Balaban J connectivity index is 1.57. The number of thiocarbonyl (C=S) groups is 1. The van der Waals surface area contributed by atoms with Gasteiger partial charge in [0.25, 0.3) is 5.91 Å². The first-order chi connectivity index (χ1) is 18.0. The van der Waals surface area contributed by atoms with E-state index in [1.165, 1.54) is 74.9 Å². The lowest BCUT2D eigenvalue weighted by atomic mass is 9.97. The number of nitrogens with zero attached hydrogens (tertiary/aromatic N) is 1. The predicted molar refractivity (Wildman–Crippen MR) is 152 cm³/mol. The number of aromatic hydroxyl groups is 2. The molecule has 1 aromatic heterocycles. The zero-order valence-corrected chi connectivity index (χ0v) is 22.9. The van der Waals surface area contributed by atoms with Crippen molar-refractivity contribution in [1.29, 1.82) is 0 Å². The molecule has 2 aliphatic rings. The van der Waals surface area contributed by atoms with Crippen LogP contribution < -0.4 is 0 Å². The first kappa shape index (κ1) is 27.7. The third kappa shape index (κ3) is 7.39. The fraction of sp³-hybridized carbons (Fsp3) is 0.517. The molecule has 0 radical (unpaired) electrons. The van der Waals surface area contributed by atoms with Crippen molar-refractivity contribution in [3.8, 4) is 22.8 Å². The standard InChI is InChI=1S/C29H37NO5S2/c31-14-10-11-20-17-25(21-15-23(32)18-24(33)16-21)35-26(20)19-27-28(34)30(29(36)37-27)22-12-8-6-4-2-1-3-5-7-9-13-22/h15-19,22,31-33H,1-14H2. The number of phenolic OH excluding ortho intramolecular Hbond substituents is 2. The van der Waals surface area contributed by atoms with E-state index in [-0.39, 0.29) is 30.1 Å². The number of furan rings is 1. The maximum Gasteiger partial charge on any atom is 0.266 e. The van der Waals surface area contributed by atoms with Crippen molar-refractivity contribution in [3.05, 3.63) is 40.5 Å². The highest BCUT2D eigenvalue weighted by atomic mass is 32.2. The highest BCUT2D eigenvalue weighted by molar-refractivity contribution is 8.26. The van der Waals surface area contributed by atoms with Crippen molar-refractivity contribution in [2.24, 2.45) is 0 Å². The molecule has 3 N–H and O–H groups in total. The molecule has 1 aliphatic heterocycles. The van der Waals surface area contributed by atoms with Gasteiger partial charge in [0.2, 0.25) is 0 Å². The minimum Gasteiger partial charge on any atom is -0.508 e. The third-order valence-electron chi connectivity index (χ3n) is 7.16. The molecular formula is C29H37NO5S2. The van der Waals surface area contributed by atoms with E-state index in [1.54, 1.807) is 6.08 Å². The lowest BCUT2D eigenvalue weighted by Crippen LogP contribution is -2.38. The molecule has 2 fully saturated rings. The molecule has 2 aromatic rings. The van der Waals surface area contributed by atoms with Crippen LogP contribution in [0.25, 0.3) is 17.4 Å². The second-order valence-corrected chi connectivity index (χ2v) is 11.7. The molecule has 1 saturated heterocycles. The van der Waals surface area contributed by atoms with Gasteiger partial charge in [-0.15, -0.1) is 0 Å². The SMILES string of the molecule is O=C1C(=Cc2oc(-c3cc(O)cc(O)c3)cc2CCCO)SC(=S)N1C1CCCCCCCCCCC1. The molecule has 1 aromatic carbocycles. The van der Waals surface area contributed by atoms with Crippen LogP contribution in [0.5, 0.6) is 11.5 Å². The summed E-state index contributed by atoms with van der Waals surface area (Å²) >= 11 is 7.02. The van der Waals surface area contributed by atoms with Crippen LogP contribution in [0.1, 0.15) is 88.4 Å². The van der Waals surface area contributed by atoms with E-state index >= 15 is 0 Å².